The fourth-order valence-corrected chi connectivity index (χ4v) is 4.13. The molecule has 0 rings (SSSR count). The molecule has 0 aromatic heterocycles. The summed E-state index contributed by atoms with van der Waals surface area (Å²) in [6.07, 6.45) is 22.2. The highest BCUT2D eigenvalue weighted by molar-refractivity contribution is 8.09. The Morgan fingerprint density at radius 1 is 0.793 bits per heavy atom. The molecule has 2 N–H and O–H groups in total. The summed E-state index contributed by atoms with van der Waals surface area (Å²) in [5, 5.41) is 3.02. The number of amides is 1. The Morgan fingerprint density at radius 3 is 1.72 bits per heavy atom. The molecule has 6 heteroatoms. The Bertz CT molecular complexity index is 415. The molecule has 174 valence electrons. The van der Waals surface area contributed by atoms with Crippen LogP contribution in [0.1, 0.15) is 122 Å². The van der Waals surface area contributed by atoms with Gasteiger partial charge in [-0.05, 0) is 31.1 Å². The zero-order chi connectivity index (χ0) is 21.6. The van der Waals surface area contributed by atoms with Crippen LogP contribution in [0.4, 0.5) is 0 Å². The molecule has 0 aliphatic rings. The van der Waals surface area contributed by atoms with E-state index in [0.29, 0.717) is 13.0 Å². The Morgan fingerprint density at radius 2 is 1.24 bits per heavy atom. The van der Waals surface area contributed by atoms with Gasteiger partial charge >= 0.3 is 0 Å². The van der Waals surface area contributed by atoms with Gasteiger partial charge in [0, 0.05) is 19.6 Å². The normalized spacial score (nSPS) is 13.3. The number of rotatable bonds is 22. The molecular weight excluding hydrogens is 401 g/mol. The highest BCUT2D eigenvalue weighted by Crippen LogP contribution is 2.37. The van der Waals surface area contributed by atoms with E-state index in [1.54, 1.807) is 6.66 Å². The molecule has 0 aromatic rings. The number of carbonyl (C=O) groups excluding carboxylic acids is 1. The Hall–Kier alpha value is 0.0400. The molecule has 1 atom stereocenters. The largest absolute Gasteiger partial charge is 0.356 e. The standard InChI is InChI=1S/C23H48NO3PS/c1-3-4-5-6-7-8-9-10-11-12-13-14-15-18-21-24-23(25)20-17-16-19-22-27-28(2,26)29/h3-22H2,1-2H3,(H,24,25)(H,26,29). The molecule has 0 bridgehead atoms. The maximum atomic E-state index is 11.8. The average Bonchev–Trinajstić information content (AvgIpc) is 2.66. The van der Waals surface area contributed by atoms with Crippen molar-refractivity contribution < 1.29 is 14.2 Å². The maximum Gasteiger partial charge on any atom is 0.219 e. The third-order valence-electron chi connectivity index (χ3n) is 5.23. The van der Waals surface area contributed by atoms with Crippen molar-refractivity contribution in [1.82, 2.24) is 5.32 Å². The Balaban J connectivity index is 3.18. The van der Waals surface area contributed by atoms with E-state index >= 15 is 0 Å². The predicted molar refractivity (Wildman–Crippen MR) is 130 cm³/mol. The van der Waals surface area contributed by atoms with Crippen LogP contribution in [0.5, 0.6) is 0 Å². The smallest absolute Gasteiger partial charge is 0.219 e. The number of nitrogens with one attached hydrogen (secondary N) is 1. The minimum atomic E-state index is -2.52. The highest BCUT2D eigenvalue weighted by atomic mass is 32.5. The predicted octanol–water partition coefficient (Wildman–Crippen LogP) is 7.09. The molecule has 0 fully saturated rings. The van der Waals surface area contributed by atoms with E-state index in [9.17, 15) is 9.69 Å². The van der Waals surface area contributed by atoms with Gasteiger partial charge in [-0.2, -0.15) is 0 Å². The second-order valence-electron chi connectivity index (χ2n) is 8.39. The minimum absolute atomic E-state index is 0.156. The Labute approximate surface area is 186 Å². The molecule has 4 nitrogen and oxygen atoms in total. The summed E-state index contributed by atoms with van der Waals surface area (Å²) in [7, 11) is 0. The second-order valence-corrected chi connectivity index (χ2v) is 12.3. The fourth-order valence-electron chi connectivity index (χ4n) is 3.43. The van der Waals surface area contributed by atoms with E-state index < -0.39 is 6.49 Å². The van der Waals surface area contributed by atoms with E-state index in [1.165, 1.54) is 83.5 Å². The number of unbranched alkanes of at least 4 members (excludes halogenated alkanes) is 15. The third kappa shape index (κ3) is 26.0. The second kappa shape index (κ2) is 21.3. The lowest BCUT2D eigenvalue weighted by atomic mass is 10.0. The number of hydrogen-bond donors (Lipinski definition) is 2. The van der Waals surface area contributed by atoms with E-state index in [4.69, 9.17) is 16.3 Å². The van der Waals surface area contributed by atoms with Crippen LogP contribution in [0.2, 0.25) is 0 Å². The first kappa shape index (κ1) is 29.0. The molecule has 0 saturated carbocycles. The molecule has 1 unspecified atom stereocenters. The van der Waals surface area contributed by atoms with Crippen LogP contribution in [0.25, 0.3) is 0 Å². The molecule has 1 amide bonds. The molecular formula is C23H48NO3PS. The monoisotopic (exact) mass is 449 g/mol. The lowest BCUT2D eigenvalue weighted by Gasteiger charge is -2.09. The van der Waals surface area contributed by atoms with Crippen molar-refractivity contribution in [2.45, 2.75) is 122 Å². The van der Waals surface area contributed by atoms with Crippen LogP contribution in [-0.2, 0) is 21.1 Å². The van der Waals surface area contributed by atoms with Crippen molar-refractivity contribution in [3.63, 3.8) is 0 Å². The first-order chi connectivity index (χ1) is 14.0. The van der Waals surface area contributed by atoms with Crippen LogP contribution in [0.15, 0.2) is 0 Å². The minimum Gasteiger partial charge on any atom is -0.356 e. The molecule has 0 aromatic carbocycles. The quantitative estimate of drug-likeness (QED) is 0.137. The molecule has 0 heterocycles. The van der Waals surface area contributed by atoms with Gasteiger partial charge in [0.15, 0.2) is 6.49 Å². The Kier molecular flexibility index (Phi) is 21.3. The van der Waals surface area contributed by atoms with Gasteiger partial charge in [-0.1, -0.05) is 96.8 Å². The number of carbonyl (C=O) groups is 1. The molecule has 0 aliphatic heterocycles. The van der Waals surface area contributed by atoms with Gasteiger partial charge < -0.3 is 14.7 Å². The average molecular weight is 450 g/mol. The summed E-state index contributed by atoms with van der Waals surface area (Å²) in [4.78, 5) is 21.1. The molecule has 0 aliphatic carbocycles. The van der Waals surface area contributed by atoms with Crippen LogP contribution >= 0.6 is 6.49 Å². The van der Waals surface area contributed by atoms with Gasteiger partial charge in [-0.3, -0.25) is 4.79 Å². The molecule has 0 radical (unpaired) electrons. The topological polar surface area (TPSA) is 58.6 Å². The lowest BCUT2D eigenvalue weighted by Crippen LogP contribution is -2.23. The van der Waals surface area contributed by atoms with Crippen molar-refractivity contribution >= 4 is 24.2 Å². The van der Waals surface area contributed by atoms with E-state index in [-0.39, 0.29) is 5.91 Å². The zero-order valence-electron chi connectivity index (χ0n) is 19.3. The highest BCUT2D eigenvalue weighted by Gasteiger charge is 2.04. The van der Waals surface area contributed by atoms with Gasteiger partial charge in [0.2, 0.25) is 5.91 Å². The first-order valence-electron chi connectivity index (χ1n) is 12.2. The number of hydrogen-bond acceptors (Lipinski definition) is 3. The summed E-state index contributed by atoms with van der Waals surface area (Å²) < 4.78 is 5.18. The third-order valence-corrected chi connectivity index (χ3v) is 6.21. The van der Waals surface area contributed by atoms with Gasteiger partial charge in [0.1, 0.15) is 0 Å². The fraction of sp³-hybridized carbons (Fsp3) is 0.957. The van der Waals surface area contributed by atoms with Crippen molar-refractivity contribution in [1.29, 1.82) is 0 Å². The summed E-state index contributed by atoms with van der Waals surface area (Å²) in [6.45, 7) is 2.62. The van der Waals surface area contributed by atoms with Gasteiger partial charge in [-0.25, -0.2) is 0 Å². The van der Waals surface area contributed by atoms with E-state index in [1.807, 2.05) is 0 Å². The first-order valence-corrected chi connectivity index (χ1v) is 15.3. The van der Waals surface area contributed by atoms with Crippen LogP contribution in [0.3, 0.4) is 0 Å². The molecule has 0 saturated heterocycles. The summed E-state index contributed by atoms with van der Waals surface area (Å²) >= 11 is 4.81. The maximum absolute atomic E-state index is 11.8. The van der Waals surface area contributed by atoms with Crippen molar-refractivity contribution in [3.8, 4) is 0 Å². The lowest BCUT2D eigenvalue weighted by molar-refractivity contribution is -0.121. The van der Waals surface area contributed by atoms with Crippen LogP contribution in [0, 0.1) is 0 Å². The van der Waals surface area contributed by atoms with E-state index in [0.717, 1.165) is 32.2 Å². The molecule has 29 heavy (non-hydrogen) atoms. The molecule has 0 spiro atoms. The van der Waals surface area contributed by atoms with Crippen molar-refractivity contribution in [3.05, 3.63) is 0 Å². The SMILES string of the molecule is CCCCCCCCCCCCCCCCNC(=O)CCCCCOP(C)(O)=S. The summed E-state index contributed by atoms with van der Waals surface area (Å²) in [5.41, 5.74) is 0. The summed E-state index contributed by atoms with van der Waals surface area (Å²) in [5.74, 6) is 0.156. The van der Waals surface area contributed by atoms with Gasteiger partial charge in [-0.15, -0.1) is 0 Å². The van der Waals surface area contributed by atoms with Crippen molar-refractivity contribution in [2.75, 3.05) is 19.8 Å². The van der Waals surface area contributed by atoms with Crippen LogP contribution in [-0.4, -0.2) is 30.6 Å². The van der Waals surface area contributed by atoms with Gasteiger partial charge in [0.25, 0.3) is 0 Å². The van der Waals surface area contributed by atoms with Crippen LogP contribution < -0.4 is 5.32 Å². The van der Waals surface area contributed by atoms with Gasteiger partial charge in [0.05, 0.1) is 6.61 Å². The van der Waals surface area contributed by atoms with Crippen molar-refractivity contribution in [2.24, 2.45) is 0 Å². The zero-order valence-corrected chi connectivity index (χ0v) is 21.0. The van der Waals surface area contributed by atoms with E-state index in [2.05, 4.69) is 12.2 Å². The summed E-state index contributed by atoms with van der Waals surface area (Å²) in [6, 6.07) is 0.